The highest BCUT2D eigenvalue weighted by atomic mass is 35.5. The molecule has 0 atom stereocenters. The number of nitrogens with one attached hydrogen (secondary N) is 1. The molecule has 0 fully saturated rings. The summed E-state index contributed by atoms with van der Waals surface area (Å²) in [5.74, 6) is 0. The van der Waals surface area contributed by atoms with Crippen LogP contribution in [-0.4, -0.2) is 36.0 Å². The molecule has 0 saturated carbocycles. The fraction of sp³-hybridized carbons (Fsp3) is 0.636. The average Bonchev–Trinajstić information content (AvgIpc) is 2.67. The van der Waals surface area contributed by atoms with Crippen LogP contribution >= 0.6 is 22.9 Å². The SMILES string of the molecule is CC(C)(CNC(CO)CO)c1ccc(Cl)s1. The molecule has 0 aromatic carbocycles. The summed E-state index contributed by atoms with van der Waals surface area (Å²) in [6.07, 6.45) is 0. The van der Waals surface area contributed by atoms with E-state index in [1.807, 2.05) is 12.1 Å². The van der Waals surface area contributed by atoms with Crippen molar-refractivity contribution in [3.63, 3.8) is 0 Å². The van der Waals surface area contributed by atoms with Gasteiger partial charge < -0.3 is 15.5 Å². The Morgan fingerprint density at radius 2 is 2.00 bits per heavy atom. The zero-order chi connectivity index (χ0) is 12.2. The molecule has 0 bridgehead atoms. The van der Waals surface area contributed by atoms with Crippen LogP contribution in [0.3, 0.4) is 0 Å². The summed E-state index contributed by atoms with van der Waals surface area (Å²) in [6, 6.07) is 3.65. The van der Waals surface area contributed by atoms with Gasteiger partial charge in [0, 0.05) is 16.8 Å². The maximum absolute atomic E-state index is 8.96. The summed E-state index contributed by atoms with van der Waals surface area (Å²) in [5, 5.41) is 21.0. The van der Waals surface area contributed by atoms with E-state index in [0.717, 1.165) is 4.34 Å². The predicted octanol–water partition coefficient (Wildman–Crippen LogP) is 1.62. The quantitative estimate of drug-likeness (QED) is 0.731. The van der Waals surface area contributed by atoms with Crippen LogP contribution in [0.1, 0.15) is 18.7 Å². The van der Waals surface area contributed by atoms with Crippen LogP contribution < -0.4 is 5.32 Å². The van der Waals surface area contributed by atoms with Gasteiger partial charge in [0.1, 0.15) is 0 Å². The third-order valence-electron chi connectivity index (χ3n) is 2.51. The van der Waals surface area contributed by atoms with Gasteiger partial charge in [0.05, 0.1) is 23.6 Å². The maximum Gasteiger partial charge on any atom is 0.0931 e. The van der Waals surface area contributed by atoms with Crippen LogP contribution in [0.5, 0.6) is 0 Å². The highest BCUT2D eigenvalue weighted by Crippen LogP contribution is 2.31. The number of rotatable bonds is 6. The second-order valence-corrected chi connectivity index (χ2v) is 6.15. The largest absolute Gasteiger partial charge is 0.395 e. The predicted molar refractivity (Wildman–Crippen MR) is 68.3 cm³/mol. The third-order valence-corrected chi connectivity index (χ3v) is 4.11. The molecule has 16 heavy (non-hydrogen) atoms. The smallest absolute Gasteiger partial charge is 0.0931 e. The molecule has 0 amide bonds. The topological polar surface area (TPSA) is 52.5 Å². The first-order chi connectivity index (χ1) is 7.49. The van der Waals surface area contributed by atoms with Gasteiger partial charge in [0.15, 0.2) is 0 Å². The summed E-state index contributed by atoms with van der Waals surface area (Å²) in [7, 11) is 0. The van der Waals surface area contributed by atoms with Gasteiger partial charge in [-0.3, -0.25) is 0 Å². The molecule has 0 radical (unpaired) electrons. The number of aliphatic hydroxyl groups excluding tert-OH is 2. The Morgan fingerprint density at radius 1 is 1.38 bits per heavy atom. The van der Waals surface area contributed by atoms with E-state index in [1.165, 1.54) is 4.88 Å². The Balaban J connectivity index is 2.58. The first kappa shape index (κ1) is 13.9. The van der Waals surface area contributed by atoms with E-state index in [1.54, 1.807) is 11.3 Å². The Hall–Kier alpha value is -0.130. The molecule has 1 rings (SSSR count). The molecule has 3 N–H and O–H groups in total. The number of hydrogen-bond acceptors (Lipinski definition) is 4. The minimum absolute atomic E-state index is 0.0552. The molecule has 0 aliphatic heterocycles. The lowest BCUT2D eigenvalue weighted by Crippen LogP contribution is -2.42. The Labute approximate surface area is 105 Å². The van der Waals surface area contributed by atoms with E-state index in [9.17, 15) is 0 Å². The second-order valence-electron chi connectivity index (χ2n) is 4.43. The second kappa shape index (κ2) is 5.98. The first-order valence-corrected chi connectivity index (χ1v) is 6.40. The fourth-order valence-electron chi connectivity index (χ4n) is 1.35. The van der Waals surface area contributed by atoms with E-state index in [4.69, 9.17) is 21.8 Å². The van der Waals surface area contributed by atoms with Gasteiger partial charge in [-0.25, -0.2) is 0 Å². The summed E-state index contributed by atoms with van der Waals surface area (Å²) in [6.45, 7) is 4.78. The highest BCUT2D eigenvalue weighted by Gasteiger charge is 2.23. The molecule has 3 nitrogen and oxygen atoms in total. The summed E-state index contributed by atoms with van der Waals surface area (Å²) < 4.78 is 0.781. The van der Waals surface area contributed by atoms with E-state index in [2.05, 4.69) is 19.2 Å². The van der Waals surface area contributed by atoms with Crippen molar-refractivity contribution in [2.75, 3.05) is 19.8 Å². The van der Waals surface area contributed by atoms with Crippen molar-refractivity contribution in [1.29, 1.82) is 0 Å². The molecule has 92 valence electrons. The molecule has 1 heterocycles. The van der Waals surface area contributed by atoms with Gasteiger partial charge in [-0.1, -0.05) is 25.4 Å². The molecule has 0 spiro atoms. The molecule has 0 aliphatic carbocycles. The van der Waals surface area contributed by atoms with Gasteiger partial charge in [-0.15, -0.1) is 11.3 Å². The molecule has 0 unspecified atom stereocenters. The van der Waals surface area contributed by atoms with Gasteiger partial charge in [0.25, 0.3) is 0 Å². The van der Waals surface area contributed by atoms with Crippen molar-refractivity contribution >= 4 is 22.9 Å². The minimum Gasteiger partial charge on any atom is -0.395 e. The van der Waals surface area contributed by atoms with Crippen molar-refractivity contribution in [1.82, 2.24) is 5.32 Å². The average molecular weight is 264 g/mol. The first-order valence-electron chi connectivity index (χ1n) is 5.20. The van der Waals surface area contributed by atoms with E-state index in [-0.39, 0.29) is 24.7 Å². The van der Waals surface area contributed by atoms with Crippen molar-refractivity contribution in [3.05, 3.63) is 21.3 Å². The lowest BCUT2D eigenvalue weighted by atomic mass is 9.91. The normalized spacial score (nSPS) is 12.4. The van der Waals surface area contributed by atoms with Crippen molar-refractivity contribution in [2.45, 2.75) is 25.3 Å². The van der Waals surface area contributed by atoms with Crippen LogP contribution in [0, 0.1) is 0 Å². The lowest BCUT2D eigenvalue weighted by molar-refractivity contribution is 0.166. The highest BCUT2D eigenvalue weighted by molar-refractivity contribution is 7.16. The minimum atomic E-state index is -0.255. The molecule has 0 saturated heterocycles. The van der Waals surface area contributed by atoms with Gasteiger partial charge in [-0.2, -0.15) is 0 Å². The number of halogens is 1. The molecular weight excluding hydrogens is 246 g/mol. The Kier molecular flexibility index (Phi) is 5.21. The van der Waals surface area contributed by atoms with Gasteiger partial charge >= 0.3 is 0 Å². The van der Waals surface area contributed by atoms with Crippen LogP contribution in [0.2, 0.25) is 4.34 Å². The standard InChI is InChI=1S/C11H18ClNO2S/c1-11(2,7-13-8(5-14)6-15)9-3-4-10(12)16-9/h3-4,8,13-15H,5-7H2,1-2H3. The summed E-state index contributed by atoms with van der Waals surface area (Å²) >= 11 is 7.46. The summed E-state index contributed by atoms with van der Waals surface area (Å²) in [4.78, 5) is 1.19. The number of aliphatic hydroxyl groups is 2. The monoisotopic (exact) mass is 263 g/mol. The van der Waals surface area contributed by atoms with Crippen molar-refractivity contribution in [2.24, 2.45) is 0 Å². The zero-order valence-electron chi connectivity index (χ0n) is 9.53. The maximum atomic E-state index is 8.96. The van der Waals surface area contributed by atoms with E-state index in [0.29, 0.717) is 6.54 Å². The molecular formula is C11H18ClNO2S. The lowest BCUT2D eigenvalue weighted by Gasteiger charge is -2.26. The molecule has 1 aromatic rings. The van der Waals surface area contributed by atoms with Crippen LogP contribution in [0.15, 0.2) is 12.1 Å². The van der Waals surface area contributed by atoms with Crippen molar-refractivity contribution in [3.8, 4) is 0 Å². The van der Waals surface area contributed by atoms with E-state index >= 15 is 0 Å². The molecule has 5 heteroatoms. The fourth-order valence-corrected chi connectivity index (χ4v) is 2.49. The third kappa shape index (κ3) is 3.71. The van der Waals surface area contributed by atoms with Gasteiger partial charge in [-0.05, 0) is 12.1 Å². The molecule has 0 aliphatic rings. The Bertz CT molecular complexity index is 324. The number of hydrogen-bond donors (Lipinski definition) is 3. The van der Waals surface area contributed by atoms with Crippen LogP contribution in [0.4, 0.5) is 0 Å². The zero-order valence-corrected chi connectivity index (χ0v) is 11.1. The summed E-state index contributed by atoms with van der Waals surface area (Å²) in [5.41, 5.74) is -0.0552. The number of thiophene rings is 1. The van der Waals surface area contributed by atoms with Crippen molar-refractivity contribution < 1.29 is 10.2 Å². The van der Waals surface area contributed by atoms with E-state index < -0.39 is 0 Å². The van der Waals surface area contributed by atoms with Crippen LogP contribution in [-0.2, 0) is 5.41 Å². The molecule has 1 aromatic heterocycles. The van der Waals surface area contributed by atoms with Crippen LogP contribution in [0.25, 0.3) is 0 Å². The Morgan fingerprint density at radius 3 is 2.44 bits per heavy atom. The van der Waals surface area contributed by atoms with Gasteiger partial charge in [0.2, 0.25) is 0 Å².